The first-order valence-corrected chi connectivity index (χ1v) is 11.5. The lowest BCUT2D eigenvalue weighted by molar-refractivity contribution is 0.0748. The van der Waals surface area contributed by atoms with Crippen LogP contribution in [0.15, 0.2) is 83.8 Å². The fourth-order valence-corrected chi connectivity index (χ4v) is 4.53. The molecule has 0 N–H and O–H groups in total. The van der Waals surface area contributed by atoms with Crippen LogP contribution < -0.4 is 15.2 Å². The summed E-state index contributed by atoms with van der Waals surface area (Å²) < 4.78 is 6.86. The van der Waals surface area contributed by atoms with Gasteiger partial charge in [-0.3, -0.25) is 14.2 Å². The van der Waals surface area contributed by atoms with E-state index in [9.17, 15) is 9.59 Å². The lowest BCUT2D eigenvalue weighted by Gasteiger charge is -2.36. The number of benzene rings is 3. The summed E-state index contributed by atoms with van der Waals surface area (Å²) in [6, 6.07) is 22.3. The van der Waals surface area contributed by atoms with Crippen LogP contribution in [-0.4, -0.2) is 48.7 Å². The van der Waals surface area contributed by atoms with Gasteiger partial charge in [0.15, 0.2) is 0 Å². The van der Waals surface area contributed by atoms with Crippen LogP contribution in [0.25, 0.3) is 16.5 Å². The Morgan fingerprint density at radius 3 is 2.26 bits per heavy atom. The van der Waals surface area contributed by atoms with Gasteiger partial charge in [-0.15, -0.1) is 0 Å². The molecule has 172 valence electrons. The van der Waals surface area contributed by atoms with Crippen molar-refractivity contribution in [3.63, 3.8) is 0 Å². The van der Waals surface area contributed by atoms with Crippen LogP contribution in [-0.2, 0) is 0 Å². The summed E-state index contributed by atoms with van der Waals surface area (Å²) in [7, 11) is 1.58. The number of fused-ring (bicyclic) bond motifs is 1. The molecule has 1 aromatic heterocycles. The Bertz CT molecular complexity index is 1410. The summed E-state index contributed by atoms with van der Waals surface area (Å²) in [5, 5.41) is 1.88. The fraction of sp³-hybridized carbons (Fsp3) is 0.185. The van der Waals surface area contributed by atoms with Gasteiger partial charge in [0, 0.05) is 59.9 Å². The molecule has 2 heterocycles. The lowest BCUT2D eigenvalue weighted by Crippen LogP contribution is -2.49. The minimum absolute atomic E-state index is 0.0800. The zero-order valence-electron chi connectivity index (χ0n) is 18.8. The van der Waals surface area contributed by atoms with Crippen LogP contribution in [0, 0.1) is 0 Å². The summed E-state index contributed by atoms with van der Waals surface area (Å²) in [6.45, 7) is 2.63. The van der Waals surface area contributed by atoms with Crippen molar-refractivity contribution in [1.82, 2.24) is 9.47 Å². The number of ether oxygens (including phenoxy) is 1. The summed E-state index contributed by atoms with van der Waals surface area (Å²) in [6.07, 6.45) is 1.66. The second kappa shape index (κ2) is 9.23. The van der Waals surface area contributed by atoms with Gasteiger partial charge in [0.25, 0.3) is 11.5 Å². The van der Waals surface area contributed by atoms with E-state index >= 15 is 0 Å². The monoisotopic (exact) mass is 473 g/mol. The molecule has 0 aliphatic carbocycles. The topological polar surface area (TPSA) is 54.8 Å². The molecular formula is C27H24ClN3O3. The van der Waals surface area contributed by atoms with Gasteiger partial charge in [-0.2, -0.15) is 0 Å². The Morgan fingerprint density at radius 2 is 1.56 bits per heavy atom. The van der Waals surface area contributed by atoms with E-state index in [4.69, 9.17) is 16.3 Å². The van der Waals surface area contributed by atoms with E-state index in [1.54, 1.807) is 25.4 Å². The van der Waals surface area contributed by atoms with Crippen LogP contribution in [0.1, 0.15) is 10.4 Å². The molecule has 0 spiro atoms. The van der Waals surface area contributed by atoms with Crippen LogP contribution >= 0.6 is 11.6 Å². The van der Waals surface area contributed by atoms with E-state index in [1.807, 2.05) is 65.6 Å². The number of hydrogen-bond acceptors (Lipinski definition) is 4. The molecule has 34 heavy (non-hydrogen) atoms. The summed E-state index contributed by atoms with van der Waals surface area (Å²) in [4.78, 5) is 31.1. The van der Waals surface area contributed by atoms with Crippen LogP contribution in [0.5, 0.6) is 5.75 Å². The third-order valence-electron chi connectivity index (χ3n) is 6.25. The molecule has 6 nitrogen and oxygen atoms in total. The lowest BCUT2D eigenvalue weighted by atomic mass is 10.1. The number of carbonyl (C=O) groups is 1. The smallest absolute Gasteiger partial charge is 0.262 e. The van der Waals surface area contributed by atoms with Gasteiger partial charge in [-0.1, -0.05) is 35.9 Å². The first-order chi connectivity index (χ1) is 16.5. The average Bonchev–Trinajstić information content (AvgIpc) is 2.89. The average molecular weight is 474 g/mol. The van der Waals surface area contributed by atoms with Crippen molar-refractivity contribution in [1.29, 1.82) is 0 Å². The molecule has 0 bridgehead atoms. The Hall–Kier alpha value is -3.77. The molecule has 0 radical (unpaired) electrons. The molecular weight excluding hydrogens is 450 g/mol. The number of piperazine rings is 1. The number of methoxy groups -OCH3 is 1. The van der Waals surface area contributed by atoms with Crippen molar-refractivity contribution in [3.05, 3.63) is 99.9 Å². The Balaban J connectivity index is 1.48. The Kier molecular flexibility index (Phi) is 5.99. The number of amides is 1. The molecule has 1 aliphatic rings. The van der Waals surface area contributed by atoms with Gasteiger partial charge < -0.3 is 14.5 Å². The summed E-state index contributed by atoms with van der Waals surface area (Å²) in [5.74, 6) is 0.562. The molecule has 1 fully saturated rings. The predicted octanol–water partition coefficient (Wildman–Crippen LogP) is 4.62. The number of carbonyl (C=O) groups excluding carboxylic acids is 1. The van der Waals surface area contributed by atoms with E-state index in [0.717, 1.165) is 18.8 Å². The number of aromatic nitrogens is 1. The minimum Gasteiger partial charge on any atom is -0.497 e. The molecule has 5 rings (SSSR count). The van der Waals surface area contributed by atoms with Crippen molar-refractivity contribution in [2.75, 3.05) is 38.2 Å². The Morgan fingerprint density at radius 1 is 0.853 bits per heavy atom. The highest BCUT2D eigenvalue weighted by atomic mass is 35.5. The van der Waals surface area contributed by atoms with E-state index in [-0.39, 0.29) is 11.5 Å². The molecule has 3 aromatic carbocycles. The number of anilines is 1. The van der Waals surface area contributed by atoms with Crippen molar-refractivity contribution in [2.45, 2.75) is 0 Å². The molecule has 1 saturated heterocycles. The van der Waals surface area contributed by atoms with Crippen molar-refractivity contribution >= 4 is 34.0 Å². The van der Waals surface area contributed by atoms with Gasteiger partial charge >= 0.3 is 0 Å². The summed E-state index contributed by atoms with van der Waals surface area (Å²) >= 11 is 6.01. The van der Waals surface area contributed by atoms with E-state index in [2.05, 4.69) is 4.90 Å². The van der Waals surface area contributed by atoms with Crippen LogP contribution in [0.4, 0.5) is 5.69 Å². The van der Waals surface area contributed by atoms with Crippen LogP contribution in [0.2, 0.25) is 5.02 Å². The molecule has 7 heteroatoms. The third-order valence-corrected chi connectivity index (χ3v) is 6.50. The highest BCUT2D eigenvalue weighted by Gasteiger charge is 2.25. The van der Waals surface area contributed by atoms with Gasteiger partial charge in [0.1, 0.15) is 5.75 Å². The van der Waals surface area contributed by atoms with Crippen molar-refractivity contribution < 1.29 is 9.53 Å². The van der Waals surface area contributed by atoms with E-state index in [0.29, 0.717) is 45.9 Å². The molecule has 0 unspecified atom stereocenters. The SMILES string of the molecule is COc1cccc(-n2cc(C(=O)N3CCN(c4ccc(Cl)cc4)CC3)c3ccccc3c2=O)c1. The van der Waals surface area contributed by atoms with Crippen molar-refractivity contribution in [3.8, 4) is 11.4 Å². The first kappa shape index (κ1) is 22.0. The number of rotatable bonds is 4. The normalized spacial score (nSPS) is 13.8. The van der Waals surface area contributed by atoms with Crippen molar-refractivity contribution in [2.24, 2.45) is 0 Å². The van der Waals surface area contributed by atoms with Crippen LogP contribution in [0.3, 0.4) is 0 Å². The molecule has 4 aromatic rings. The highest BCUT2D eigenvalue weighted by molar-refractivity contribution is 6.30. The quantitative estimate of drug-likeness (QED) is 0.434. The highest BCUT2D eigenvalue weighted by Crippen LogP contribution is 2.23. The number of nitrogens with zero attached hydrogens (tertiary/aromatic N) is 3. The summed E-state index contributed by atoms with van der Waals surface area (Å²) in [5.41, 5.74) is 2.08. The second-order valence-electron chi connectivity index (χ2n) is 8.22. The number of hydrogen-bond donors (Lipinski definition) is 0. The standard InChI is InChI=1S/C27H24ClN3O3/c1-34-22-6-4-5-21(17-22)31-18-25(23-7-2-3-8-24(23)27(31)33)26(32)30-15-13-29(14-16-30)20-11-9-19(28)10-12-20/h2-12,17-18H,13-16H2,1H3. The molecule has 1 aliphatic heterocycles. The zero-order valence-corrected chi connectivity index (χ0v) is 19.5. The maximum atomic E-state index is 13.7. The number of halogens is 1. The third kappa shape index (κ3) is 4.13. The molecule has 0 saturated carbocycles. The van der Waals surface area contributed by atoms with Gasteiger partial charge in [-0.25, -0.2) is 0 Å². The van der Waals surface area contributed by atoms with Gasteiger partial charge in [0.2, 0.25) is 0 Å². The molecule has 1 amide bonds. The van der Waals surface area contributed by atoms with E-state index in [1.165, 1.54) is 4.57 Å². The predicted molar refractivity (Wildman–Crippen MR) is 136 cm³/mol. The molecule has 0 atom stereocenters. The fourth-order valence-electron chi connectivity index (χ4n) is 4.40. The zero-order chi connectivity index (χ0) is 23.7. The second-order valence-corrected chi connectivity index (χ2v) is 8.66. The largest absolute Gasteiger partial charge is 0.497 e. The van der Waals surface area contributed by atoms with Gasteiger partial charge in [-0.05, 0) is 42.5 Å². The maximum absolute atomic E-state index is 13.7. The maximum Gasteiger partial charge on any atom is 0.262 e. The van der Waals surface area contributed by atoms with E-state index < -0.39 is 0 Å². The minimum atomic E-state index is -0.173. The van der Waals surface area contributed by atoms with Gasteiger partial charge in [0.05, 0.1) is 18.4 Å². The number of pyridine rings is 1. The first-order valence-electron chi connectivity index (χ1n) is 11.1. The Labute approximate surface area is 202 Å².